The highest BCUT2D eigenvalue weighted by Crippen LogP contribution is 2.44. The van der Waals surface area contributed by atoms with Crippen LogP contribution in [-0.4, -0.2) is 56.0 Å². The van der Waals surface area contributed by atoms with Gasteiger partial charge in [-0.3, -0.25) is 0 Å². The molecule has 1 heterocycles. The lowest BCUT2D eigenvalue weighted by Crippen LogP contribution is -2.54. The van der Waals surface area contributed by atoms with Gasteiger partial charge in [0.1, 0.15) is 12.2 Å². The number of hydrogen-bond acceptors (Lipinski definition) is 4. The highest BCUT2D eigenvalue weighted by atomic mass is 28.4. The Morgan fingerprint density at radius 3 is 1.32 bits per heavy atom. The molecule has 7 heteroatoms. The maximum atomic E-state index is 7.01. The molecule has 1 aliphatic heterocycles. The Kier molecular flexibility index (Phi) is 8.83. The van der Waals surface area contributed by atoms with E-state index in [-0.39, 0.29) is 39.5 Å². The average Bonchev–Trinajstić information content (AvgIpc) is 2.77. The molecular formula is C24H54O4Si3. The Hall–Kier alpha value is 0.491. The lowest BCUT2D eigenvalue weighted by molar-refractivity contribution is -0.0107. The summed E-state index contributed by atoms with van der Waals surface area (Å²) in [6.07, 6.45) is -0.234. The van der Waals surface area contributed by atoms with Gasteiger partial charge in [-0.25, -0.2) is 0 Å². The van der Waals surface area contributed by atoms with Gasteiger partial charge in [-0.2, -0.15) is 0 Å². The second kappa shape index (κ2) is 9.27. The normalized spacial score (nSPS) is 27.1. The van der Waals surface area contributed by atoms with Crippen molar-refractivity contribution in [3.8, 4) is 0 Å². The van der Waals surface area contributed by atoms with Crippen molar-refractivity contribution in [3.63, 3.8) is 0 Å². The van der Waals surface area contributed by atoms with Crippen LogP contribution in [0.2, 0.25) is 54.4 Å². The van der Waals surface area contributed by atoms with Crippen molar-refractivity contribution in [1.29, 1.82) is 0 Å². The smallest absolute Gasteiger partial charge is 0.192 e. The summed E-state index contributed by atoms with van der Waals surface area (Å²) in [6.45, 7) is 37.2. The number of rotatable bonds is 7. The van der Waals surface area contributed by atoms with E-state index in [1.54, 1.807) is 0 Å². The molecule has 0 aromatic heterocycles. The van der Waals surface area contributed by atoms with Crippen molar-refractivity contribution >= 4 is 25.0 Å². The molecule has 0 aromatic carbocycles. The zero-order valence-corrected chi connectivity index (χ0v) is 26.6. The molecule has 0 bridgehead atoms. The third-order valence-electron chi connectivity index (χ3n) is 8.43. The van der Waals surface area contributed by atoms with Crippen LogP contribution in [0.1, 0.15) is 69.2 Å². The summed E-state index contributed by atoms with van der Waals surface area (Å²) in [4.78, 5) is 0. The minimum Gasteiger partial charge on any atom is -0.414 e. The van der Waals surface area contributed by atoms with E-state index in [0.717, 1.165) is 0 Å². The van der Waals surface area contributed by atoms with Gasteiger partial charge in [0.25, 0.3) is 0 Å². The molecule has 0 aliphatic carbocycles. The molecule has 0 saturated carbocycles. The zero-order valence-electron chi connectivity index (χ0n) is 23.6. The molecule has 1 fully saturated rings. The maximum Gasteiger partial charge on any atom is 0.192 e. The van der Waals surface area contributed by atoms with Gasteiger partial charge < -0.3 is 18.0 Å². The van der Waals surface area contributed by atoms with E-state index < -0.39 is 25.0 Å². The van der Waals surface area contributed by atoms with E-state index in [4.69, 9.17) is 18.0 Å². The van der Waals surface area contributed by atoms with Crippen LogP contribution in [0, 0.1) is 0 Å². The Morgan fingerprint density at radius 1 is 0.613 bits per heavy atom. The molecule has 0 aromatic rings. The first-order valence-electron chi connectivity index (χ1n) is 12.1. The first kappa shape index (κ1) is 29.5. The van der Waals surface area contributed by atoms with Gasteiger partial charge in [0, 0.05) is 0 Å². The second-order valence-corrected chi connectivity index (χ2v) is 28.5. The molecule has 186 valence electrons. The molecule has 1 rings (SSSR count). The van der Waals surface area contributed by atoms with E-state index in [0.29, 0.717) is 6.61 Å². The Labute approximate surface area is 197 Å². The third-order valence-corrected chi connectivity index (χ3v) is 21.9. The summed E-state index contributed by atoms with van der Waals surface area (Å²) >= 11 is 0. The first-order valence-corrected chi connectivity index (χ1v) is 20.8. The van der Waals surface area contributed by atoms with Crippen LogP contribution in [0.4, 0.5) is 0 Å². The van der Waals surface area contributed by atoms with Gasteiger partial charge in [-0.1, -0.05) is 62.3 Å². The Balaban J connectivity index is 3.22. The molecule has 0 radical (unpaired) electrons. The van der Waals surface area contributed by atoms with Gasteiger partial charge in [0.2, 0.25) is 0 Å². The minimum absolute atomic E-state index is 0.00286. The SMILES string of the molecule is C[C@H]1O[C@@H](CO[Si](C)(C)C(C)(C)C)[C@@H](O[Si](C)(C)C(C)(C)C)[C@@H]1O[Si](C)(C)C(C)(C)C. The van der Waals surface area contributed by atoms with E-state index >= 15 is 0 Å². The van der Waals surface area contributed by atoms with Crippen molar-refractivity contribution in [3.05, 3.63) is 0 Å². The van der Waals surface area contributed by atoms with Gasteiger partial charge in [0.15, 0.2) is 25.0 Å². The van der Waals surface area contributed by atoms with Crippen LogP contribution in [0.5, 0.6) is 0 Å². The lowest BCUT2D eigenvalue weighted by Gasteiger charge is -2.44. The Bertz CT molecular complexity index is 597. The fraction of sp³-hybridized carbons (Fsp3) is 1.00. The van der Waals surface area contributed by atoms with Crippen molar-refractivity contribution in [1.82, 2.24) is 0 Å². The monoisotopic (exact) mass is 490 g/mol. The molecule has 1 saturated heterocycles. The quantitative estimate of drug-likeness (QED) is 0.345. The largest absolute Gasteiger partial charge is 0.414 e. The van der Waals surface area contributed by atoms with Crippen LogP contribution >= 0.6 is 0 Å². The molecule has 31 heavy (non-hydrogen) atoms. The van der Waals surface area contributed by atoms with Crippen LogP contribution in [-0.2, 0) is 18.0 Å². The summed E-state index contributed by atoms with van der Waals surface area (Å²) in [5.41, 5.74) is 0. The number of ether oxygens (including phenoxy) is 1. The van der Waals surface area contributed by atoms with Crippen molar-refractivity contribution in [2.75, 3.05) is 6.61 Å². The predicted octanol–water partition coefficient (Wildman–Crippen LogP) is 7.58. The van der Waals surface area contributed by atoms with Crippen LogP contribution in [0.15, 0.2) is 0 Å². The standard InChI is InChI=1S/C24H54O4Si3/c1-18-20(27-30(13,14)23(5,6)7)21(28-31(15,16)24(8,9)10)19(26-18)17-25-29(11,12)22(2,3)4/h18-21H,17H2,1-16H3/t18-,19+,20-,21-/m1/s1. The fourth-order valence-corrected chi connectivity index (χ4v) is 6.58. The fourth-order valence-electron chi connectivity index (χ4n) is 2.89. The minimum atomic E-state index is -2.00. The predicted molar refractivity (Wildman–Crippen MR) is 142 cm³/mol. The van der Waals surface area contributed by atoms with Gasteiger partial charge in [-0.15, -0.1) is 0 Å². The third kappa shape index (κ3) is 6.99. The maximum absolute atomic E-state index is 7.01. The van der Waals surface area contributed by atoms with E-state index in [1.165, 1.54) is 0 Å². The highest BCUT2D eigenvalue weighted by molar-refractivity contribution is 6.75. The van der Waals surface area contributed by atoms with E-state index in [2.05, 4.69) is 109 Å². The van der Waals surface area contributed by atoms with Crippen molar-refractivity contribution in [2.24, 2.45) is 0 Å². The lowest BCUT2D eigenvalue weighted by atomic mass is 10.1. The topological polar surface area (TPSA) is 36.9 Å². The second-order valence-electron chi connectivity index (χ2n) is 14.1. The summed E-state index contributed by atoms with van der Waals surface area (Å²) in [5, 5.41) is 0.444. The molecule has 4 nitrogen and oxygen atoms in total. The highest BCUT2D eigenvalue weighted by Gasteiger charge is 2.53. The van der Waals surface area contributed by atoms with E-state index in [9.17, 15) is 0 Å². The molecule has 0 spiro atoms. The zero-order chi connectivity index (χ0) is 24.8. The summed E-state index contributed by atoms with van der Waals surface area (Å²) in [6, 6.07) is 0. The van der Waals surface area contributed by atoms with Gasteiger partial charge in [-0.05, 0) is 61.3 Å². The van der Waals surface area contributed by atoms with Crippen LogP contribution < -0.4 is 0 Å². The van der Waals surface area contributed by atoms with Crippen LogP contribution in [0.25, 0.3) is 0 Å². The summed E-state index contributed by atoms with van der Waals surface area (Å²) in [5.74, 6) is 0. The first-order chi connectivity index (χ1) is 13.4. The van der Waals surface area contributed by atoms with Crippen molar-refractivity contribution in [2.45, 2.75) is 148 Å². The Morgan fingerprint density at radius 2 is 0.968 bits per heavy atom. The summed E-state index contributed by atoms with van der Waals surface area (Å²) in [7, 11) is -5.85. The number of hydrogen-bond donors (Lipinski definition) is 0. The molecular weight excluding hydrogens is 437 g/mol. The van der Waals surface area contributed by atoms with Crippen molar-refractivity contribution < 1.29 is 18.0 Å². The molecule has 0 N–H and O–H groups in total. The van der Waals surface area contributed by atoms with E-state index in [1.807, 2.05) is 0 Å². The average molecular weight is 491 g/mol. The molecule has 0 unspecified atom stereocenters. The summed E-state index contributed by atoms with van der Waals surface area (Å²) < 4.78 is 27.1. The molecule has 0 amide bonds. The molecule has 1 aliphatic rings. The molecule has 4 atom stereocenters. The van der Waals surface area contributed by atoms with Crippen LogP contribution in [0.3, 0.4) is 0 Å². The van der Waals surface area contributed by atoms with Gasteiger partial charge in [0.05, 0.1) is 18.8 Å². The van der Waals surface area contributed by atoms with Gasteiger partial charge >= 0.3 is 0 Å².